The fourth-order valence-corrected chi connectivity index (χ4v) is 2.87. The summed E-state index contributed by atoms with van der Waals surface area (Å²) in [7, 11) is 0. The number of aromatic nitrogens is 1. The SMILES string of the molecule is O=C(COc1ccc(-c2ccccc2)cc1)NCc1ccc(-c2ccco2)nc1. The monoisotopic (exact) mass is 384 g/mol. The summed E-state index contributed by atoms with van der Waals surface area (Å²) in [4.78, 5) is 16.4. The van der Waals surface area contributed by atoms with Crippen LogP contribution in [-0.4, -0.2) is 17.5 Å². The number of amides is 1. The third-order valence-electron chi connectivity index (χ3n) is 4.42. The van der Waals surface area contributed by atoms with Crippen molar-refractivity contribution in [1.29, 1.82) is 0 Å². The maximum absolute atomic E-state index is 12.1. The van der Waals surface area contributed by atoms with E-state index in [1.807, 2.05) is 66.7 Å². The van der Waals surface area contributed by atoms with Crippen LogP contribution in [0.5, 0.6) is 5.75 Å². The predicted octanol–water partition coefficient (Wildman–Crippen LogP) is 4.70. The molecule has 2 heterocycles. The minimum atomic E-state index is -0.188. The Bertz CT molecular complexity index is 1040. The number of rotatable bonds is 7. The maximum Gasteiger partial charge on any atom is 0.258 e. The lowest BCUT2D eigenvalue weighted by Gasteiger charge is -2.09. The molecule has 0 fully saturated rings. The van der Waals surface area contributed by atoms with Crippen molar-refractivity contribution in [3.63, 3.8) is 0 Å². The van der Waals surface area contributed by atoms with Gasteiger partial charge >= 0.3 is 0 Å². The van der Waals surface area contributed by atoms with Crippen molar-refractivity contribution >= 4 is 5.91 Å². The van der Waals surface area contributed by atoms with Gasteiger partial charge in [0.25, 0.3) is 5.91 Å². The number of benzene rings is 2. The number of carbonyl (C=O) groups excluding carboxylic acids is 1. The Labute approximate surface area is 169 Å². The second kappa shape index (κ2) is 8.89. The van der Waals surface area contributed by atoms with E-state index in [0.717, 1.165) is 22.4 Å². The van der Waals surface area contributed by atoms with E-state index in [0.29, 0.717) is 18.1 Å². The fraction of sp³-hybridized carbons (Fsp3) is 0.0833. The lowest BCUT2D eigenvalue weighted by molar-refractivity contribution is -0.123. The second-order valence-electron chi connectivity index (χ2n) is 6.48. The highest BCUT2D eigenvalue weighted by Gasteiger charge is 2.06. The van der Waals surface area contributed by atoms with Crippen LogP contribution in [0.15, 0.2) is 95.7 Å². The molecule has 0 bridgehead atoms. The van der Waals surface area contributed by atoms with Gasteiger partial charge in [-0.15, -0.1) is 0 Å². The lowest BCUT2D eigenvalue weighted by atomic mass is 10.1. The zero-order chi connectivity index (χ0) is 19.9. The topological polar surface area (TPSA) is 64.4 Å². The maximum atomic E-state index is 12.1. The van der Waals surface area contributed by atoms with Gasteiger partial charge in [-0.25, -0.2) is 0 Å². The zero-order valence-corrected chi connectivity index (χ0v) is 15.7. The molecule has 2 aromatic heterocycles. The summed E-state index contributed by atoms with van der Waals surface area (Å²) in [6.07, 6.45) is 3.33. The number of nitrogens with one attached hydrogen (secondary N) is 1. The molecule has 4 aromatic rings. The molecular weight excluding hydrogens is 364 g/mol. The fourth-order valence-electron chi connectivity index (χ4n) is 2.87. The minimum absolute atomic E-state index is 0.0391. The molecule has 1 N–H and O–H groups in total. The van der Waals surface area contributed by atoms with E-state index < -0.39 is 0 Å². The van der Waals surface area contributed by atoms with E-state index in [1.54, 1.807) is 12.5 Å². The minimum Gasteiger partial charge on any atom is -0.484 e. The van der Waals surface area contributed by atoms with Gasteiger partial charge in [0, 0.05) is 12.7 Å². The molecule has 0 radical (unpaired) electrons. The third kappa shape index (κ3) is 4.90. The van der Waals surface area contributed by atoms with Crippen LogP contribution in [0, 0.1) is 0 Å². The molecule has 0 aliphatic heterocycles. The van der Waals surface area contributed by atoms with Crippen LogP contribution in [0.4, 0.5) is 0 Å². The molecule has 1 amide bonds. The number of nitrogens with zero attached hydrogens (tertiary/aromatic N) is 1. The van der Waals surface area contributed by atoms with Crippen LogP contribution in [-0.2, 0) is 11.3 Å². The Balaban J connectivity index is 1.25. The van der Waals surface area contributed by atoms with Crippen molar-refractivity contribution in [3.05, 3.63) is 96.9 Å². The van der Waals surface area contributed by atoms with Crippen molar-refractivity contribution < 1.29 is 13.9 Å². The van der Waals surface area contributed by atoms with E-state index in [4.69, 9.17) is 9.15 Å². The highest BCUT2D eigenvalue weighted by Crippen LogP contribution is 2.22. The van der Waals surface area contributed by atoms with E-state index in [-0.39, 0.29) is 12.5 Å². The Morgan fingerprint density at radius 2 is 1.69 bits per heavy atom. The molecule has 29 heavy (non-hydrogen) atoms. The molecule has 0 atom stereocenters. The van der Waals surface area contributed by atoms with E-state index in [9.17, 15) is 4.79 Å². The Hall–Kier alpha value is -3.86. The molecule has 0 aliphatic rings. The molecular formula is C24H20N2O3. The molecule has 0 spiro atoms. The average molecular weight is 384 g/mol. The first-order valence-corrected chi connectivity index (χ1v) is 9.32. The first-order valence-electron chi connectivity index (χ1n) is 9.32. The third-order valence-corrected chi connectivity index (χ3v) is 4.42. The van der Waals surface area contributed by atoms with Crippen LogP contribution in [0.3, 0.4) is 0 Å². The van der Waals surface area contributed by atoms with Crippen LogP contribution in [0.2, 0.25) is 0 Å². The zero-order valence-electron chi connectivity index (χ0n) is 15.7. The Morgan fingerprint density at radius 1 is 0.897 bits per heavy atom. The number of carbonyl (C=O) groups is 1. The molecule has 4 rings (SSSR count). The van der Waals surface area contributed by atoms with Gasteiger partial charge in [0.05, 0.1) is 6.26 Å². The summed E-state index contributed by atoms with van der Waals surface area (Å²) in [5.41, 5.74) is 3.91. The summed E-state index contributed by atoms with van der Waals surface area (Å²) in [6, 6.07) is 25.3. The smallest absolute Gasteiger partial charge is 0.258 e. The normalized spacial score (nSPS) is 10.5. The van der Waals surface area contributed by atoms with Crippen LogP contribution in [0.25, 0.3) is 22.6 Å². The molecule has 144 valence electrons. The summed E-state index contributed by atoms with van der Waals surface area (Å²) < 4.78 is 10.9. The largest absolute Gasteiger partial charge is 0.484 e. The summed E-state index contributed by atoms with van der Waals surface area (Å²) in [5.74, 6) is 1.18. The number of pyridine rings is 1. The molecule has 0 unspecified atom stereocenters. The first kappa shape index (κ1) is 18.5. The van der Waals surface area contributed by atoms with E-state index in [1.165, 1.54) is 0 Å². The molecule has 2 aromatic carbocycles. The van der Waals surface area contributed by atoms with Crippen LogP contribution >= 0.6 is 0 Å². The van der Waals surface area contributed by atoms with Gasteiger partial charge in [0.15, 0.2) is 12.4 Å². The predicted molar refractivity (Wildman–Crippen MR) is 111 cm³/mol. The van der Waals surface area contributed by atoms with Crippen molar-refractivity contribution in [3.8, 4) is 28.3 Å². The van der Waals surface area contributed by atoms with Gasteiger partial charge in [-0.3, -0.25) is 9.78 Å². The standard InChI is InChI=1S/C24H20N2O3/c27-24(26-16-18-8-13-22(25-15-18)23-7-4-14-28-23)17-29-21-11-9-20(10-12-21)19-5-2-1-3-6-19/h1-15H,16-17H2,(H,26,27). The van der Waals surface area contributed by atoms with Gasteiger partial charge in [0.1, 0.15) is 11.4 Å². The average Bonchev–Trinajstić information content (AvgIpc) is 3.33. The highest BCUT2D eigenvalue weighted by atomic mass is 16.5. The van der Waals surface area contributed by atoms with E-state index in [2.05, 4.69) is 22.4 Å². The summed E-state index contributed by atoms with van der Waals surface area (Å²) in [5, 5.41) is 2.83. The number of hydrogen-bond donors (Lipinski definition) is 1. The highest BCUT2D eigenvalue weighted by molar-refractivity contribution is 5.77. The second-order valence-corrected chi connectivity index (χ2v) is 6.48. The molecule has 0 aliphatic carbocycles. The quantitative estimate of drug-likeness (QED) is 0.501. The van der Waals surface area contributed by atoms with Gasteiger partial charge in [-0.1, -0.05) is 48.5 Å². The van der Waals surface area contributed by atoms with Crippen molar-refractivity contribution in [2.75, 3.05) is 6.61 Å². The molecule has 0 saturated carbocycles. The van der Waals surface area contributed by atoms with E-state index >= 15 is 0 Å². The lowest BCUT2D eigenvalue weighted by Crippen LogP contribution is -2.28. The molecule has 0 saturated heterocycles. The Morgan fingerprint density at radius 3 is 2.38 bits per heavy atom. The van der Waals surface area contributed by atoms with Crippen molar-refractivity contribution in [1.82, 2.24) is 10.3 Å². The van der Waals surface area contributed by atoms with Crippen LogP contribution < -0.4 is 10.1 Å². The van der Waals surface area contributed by atoms with Crippen molar-refractivity contribution in [2.24, 2.45) is 0 Å². The number of hydrogen-bond acceptors (Lipinski definition) is 4. The molecule has 5 nitrogen and oxygen atoms in total. The number of furan rings is 1. The summed E-state index contributed by atoms with van der Waals surface area (Å²) >= 11 is 0. The van der Waals surface area contributed by atoms with Gasteiger partial charge in [-0.2, -0.15) is 0 Å². The van der Waals surface area contributed by atoms with Gasteiger partial charge in [-0.05, 0) is 47.0 Å². The van der Waals surface area contributed by atoms with Gasteiger partial charge in [0.2, 0.25) is 0 Å². The van der Waals surface area contributed by atoms with Gasteiger partial charge < -0.3 is 14.5 Å². The first-order chi connectivity index (χ1) is 14.3. The number of ether oxygens (including phenoxy) is 1. The van der Waals surface area contributed by atoms with Crippen LogP contribution in [0.1, 0.15) is 5.56 Å². The molecule has 5 heteroatoms. The Kier molecular flexibility index (Phi) is 5.67. The summed E-state index contributed by atoms with van der Waals surface area (Å²) in [6.45, 7) is 0.350. The van der Waals surface area contributed by atoms with Crippen molar-refractivity contribution in [2.45, 2.75) is 6.54 Å².